The minimum absolute atomic E-state index is 0.592. The smallest absolute Gasteiger partial charge is 0.109 e. The summed E-state index contributed by atoms with van der Waals surface area (Å²) in [6.07, 6.45) is 1.26. The third-order valence-corrected chi connectivity index (χ3v) is 12.1. The summed E-state index contributed by atoms with van der Waals surface area (Å²) in [6.45, 7) is 0. The average molecular weight is 422 g/mol. The molecule has 1 fully saturated rings. The average Bonchev–Trinajstić information content (AvgIpc) is 2.65. The molecular formula is C8H6Br2S5. The molecule has 0 bridgehead atoms. The largest absolute Gasteiger partial charge is 0.145 e. The van der Waals surface area contributed by atoms with Crippen LogP contribution in [0.5, 0.6) is 0 Å². The molecule has 0 unspecified atom stereocenters. The Morgan fingerprint density at radius 3 is 2.53 bits per heavy atom. The van der Waals surface area contributed by atoms with Crippen molar-refractivity contribution >= 4 is 90.3 Å². The van der Waals surface area contributed by atoms with Crippen LogP contribution in [0.1, 0.15) is 6.42 Å². The molecule has 7 heteroatoms. The summed E-state index contributed by atoms with van der Waals surface area (Å²) >= 11 is 20.4. The molecule has 0 saturated heterocycles. The van der Waals surface area contributed by atoms with E-state index in [-0.39, 0.29) is 0 Å². The maximum absolute atomic E-state index is 5.25. The molecule has 1 aliphatic carbocycles. The van der Waals surface area contributed by atoms with Gasteiger partial charge in [0.2, 0.25) is 0 Å². The molecule has 82 valence electrons. The Kier molecular flexibility index (Phi) is 3.64. The summed E-state index contributed by atoms with van der Waals surface area (Å²) in [5, 5.41) is 1.45. The van der Waals surface area contributed by atoms with Gasteiger partial charge in [0.15, 0.2) is 0 Å². The second kappa shape index (κ2) is 4.55. The first kappa shape index (κ1) is 12.0. The summed E-state index contributed by atoms with van der Waals surface area (Å²) < 4.78 is 3.97. The van der Waals surface area contributed by atoms with Gasteiger partial charge < -0.3 is 0 Å². The van der Waals surface area contributed by atoms with Crippen molar-refractivity contribution in [2.75, 3.05) is 0 Å². The molecule has 2 aliphatic rings. The summed E-state index contributed by atoms with van der Waals surface area (Å²) in [5.41, 5.74) is 0. The fourth-order valence-electron chi connectivity index (χ4n) is 1.81. The summed E-state index contributed by atoms with van der Waals surface area (Å²) in [7, 11) is 0. The molecular weight excluding hydrogens is 416 g/mol. The zero-order chi connectivity index (χ0) is 10.6. The van der Waals surface area contributed by atoms with E-state index in [9.17, 15) is 0 Å². The molecule has 0 radical (unpaired) electrons. The van der Waals surface area contributed by atoms with Crippen LogP contribution >= 0.6 is 90.3 Å². The van der Waals surface area contributed by atoms with Crippen molar-refractivity contribution in [1.82, 2.24) is 0 Å². The number of rotatable bonds is 0. The van der Waals surface area contributed by atoms with Gasteiger partial charge in [-0.1, -0.05) is 44.1 Å². The Labute approximate surface area is 127 Å². The van der Waals surface area contributed by atoms with Crippen LogP contribution in [0.2, 0.25) is 0 Å². The van der Waals surface area contributed by atoms with Crippen molar-refractivity contribution in [3.8, 4) is 0 Å². The number of alkyl halides is 2. The number of thioether (sulfide) groups is 2. The fraction of sp³-hybridized carbons (Fsp3) is 0.625. The topological polar surface area (TPSA) is 0 Å². The molecule has 1 aromatic rings. The van der Waals surface area contributed by atoms with E-state index in [2.05, 4.69) is 31.9 Å². The Morgan fingerprint density at radius 1 is 1.13 bits per heavy atom. The highest BCUT2D eigenvalue weighted by Crippen LogP contribution is 2.57. The van der Waals surface area contributed by atoms with Crippen LogP contribution in [0.3, 0.4) is 0 Å². The van der Waals surface area contributed by atoms with Gasteiger partial charge in [-0.15, -0.1) is 46.2 Å². The van der Waals surface area contributed by atoms with E-state index in [1.807, 2.05) is 23.5 Å². The highest BCUT2D eigenvalue weighted by molar-refractivity contribution is 9.12. The number of halogens is 2. The van der Waals surface area contributed by atoms with Gasteiger partial charge in [-0.25, -0.2) is 0 Å². The van der Waals surface area contributed by atoms with Gasteiger partial charge in [-0.2, -0.15) is 0 Å². The molecule has 0 amide bonds. The van der Waals surface area contributed by atoms with Gasteiger partial charge in [0.05, 0.1) is 8.42 Å². The second-order valence-corrected chi connectivity index (χ2v) is 11.9. The second-order valence-electron chi connectivity index (χ2n) is 3.46. The van der Waals surface area contributed by atoms with Crippen molar-refractivity contribution < 1.29 is 0 Å². The van der Waals surface area contributed by atoms with Gasteiger partial charge in [0.1, 0.15) is 3.14 Å². The predicted molar refractivity (Wildman–Crippen MR) is 82.4 cm³/mol. The number of hydrogen-bond acceptors (Lipinski definition) is 5. The number of hydrogen-bond donors (Lipinski definition) is 0. The zero-order valence-corrected chi connectivity index (χ0v) is 14.6. The van der Waals surface area contributed by atoms with Crippen molar-refractivity contribution in [3.63, 3.8) is 0 Å². The van der Waals surface area contributed by atoms with E-state index in [4.69, 9.17) is 12.2 Å². The Morgan fingerprint density at radius 2 is 1.80 bits per heavy atom. The van der Waals surface area contributed by atoms with E-state index >= 15 is 0 Å². The molecule has 15 heavy (non-hydrogen) atoms. The Balaban J connectivity index is 1.95. The summed E-state index contributed by atoms with van der Waals surface area (Å²) in [6, 6.07) is 0. The molecule has 0 spiro atoms. The molecule has 3 rings (SSSR count). The zero-order valence-electron chi connectivity index (χ0n) is 7.31. The molecule has 0 N–H and O–H groups in total. The quantitative estimate of drug-likeness (QED) is 0.406. The normalized spacial score (nSPS) is 38.8. The maximum atomic E-state index is 5.25. The Hall–Kier alpha value is 1.93. The highest BCUT2D eigenvalue weighted by atomic mass is 79.9. The van der Waals surface area contributed by atoms with Crippen LogP contribution < -0.4 is 0 Å². The van der Waals surface area contributed by atoms with Crippen LogP contribution in [0, 0.1) is 3.14 Å². The Bertz CT molecular complexity index is 438. The van der Waals surface area contributed by atoms with Gasteiger partial charge in [-0.05, 0) is 6.42 Å². The molecule has 0 nitrogen and oxygen atoms in total. The lowest BCUT2D eigenvalue weighted by atomic mass is 10.4. The highest BCUT2D eigenvalue weighted by Gasteiger charge is 2.45. The monoisotopic (exact) mass is 420 g/mol. The molecule has 1 saturated carbocycles. The first-order chi connectivity index (χ1) is 7.15. The molecule has 4 atom stereocenters. The van der Waals surface area contributed by atoms with Gasteiger partial charge >= 0.3 is 0 Å². The molecule has 1 aromatic heterocycles. The van der Waals surface area contributed by atoms with Gasteiger partial charge in [0, 0.05) is 20.2 Å². The van der Waals surface area contributed by atoms with E-state index < -0.39 is 0 Å². The lowest BCUT2D eigenvalue weighted by Crippen LogP contribution is -2.23. The van der Waals surface area contributed by atoms with Gasteiger partial charge in [-0.3, -0.25) is 0 Å². The van der Waals surface area contributed by atoms with Crippen molar-refractivity contribution in [3.05, 3.63) is 3.14 Å². The van der Waals surface area contributed by atoms with E-state index in [1.165, 1.54) is 14.8 Å². The first-order valence-corrected chi connectivity index (χ1v) is 10.0. The fourth-order valence-corrected chi connectivity index (χ4v) is 11.3. The molecule has 0 aromatic carbocycles. The van der Waals surface area contributed by atoms with Crippen LogP contribution in [-0.2, 0) is 0 Å². The first-order valence-electron chi connectivity index (χ1n) is 4.40. The van der Waals surface area contributed by atoms with Crippen LogP contribution in [0.15, 0.2) is 8.42 Å². The third kappa shape index (κ3) is 2.15. The van der Waals surface area contributed by atoms with E-state index in [0.717, 1.165) is 8.39 Å². The lowest BCUT2D eigenvalue weighted by molar-refractivity contribution is 0.922. The van der Waals surface area contributed by atoms with Crippen LogP contribution in [0.4, 0.5) is 0 Å². The van der Waals surface area contributed by atoms with Crippen LogP contribution in [0.25, 0.3) is 0 Å². The van der Waals surface area contributed by atoms with Crippen molar-refractivity contribution in [2.45, 2.75) is 35.0 Å². The minimum atomic E-state index is 0.592. The van der Waals surface area contributed by atoms with E-state index in [1.54, 1.807) is 22.7 Å². The SMILES string of the molecule is S=c1sc2c(s1)S[C@@H]1C[C@@H](Br)[C@@H](Br)[C@H]1S2. The standard InChI is InChI=1S/C8H6Br2S5/c9-2-1-3-5(4(2)10)13-7-6(12-3)14-8(11)15-7/h2-5H,1H2/t2-,3-,4-,5+/m1/s1. The van der Waals surface area contributed by atoms with Gasteiger partial charge in [0.25, 0.3) is 0 Å². The minimum Gasteiger partial charge on any atom is -0.109 e. The molecule has 1 aliphatic heterocycles. The summed E-state index contributed by atoms with van der Waals surface area (Å²) in [4.78, 5) is 1.21. The molecule has 2 heterocycles. The predicted octanol–water partition coefficient (Wildman–Crippen LogP) is 5.40. The summed E-state index contributed by atoms with van der Waals surface area (Å²) in [5.74, 6) is 0. The van der Waals surface area contributed by atoms with Crippen molar-refractivity contribution in [1.29, 1.82) is 0 Å². The lowest BCUT2D eigenvalue weighted by Gasteiger charge is -2.24. The number of fused-ring (bicyclic) bond motifs is 2. The van der Waals surface area contributed by atoms with Crippen LogP contribution in [-0.4, -0.2) is 20.2 Å². The third-order valence-electron chi connectivity index (χ3n) is 2.50. The maximum Gasteiger partial charge on any atom is 0.145 e. The van der Waals surface area contributed by atoms with E-state index in [0.29, 0.717) is 14.9 Å². The van der Waals surface area contributed by atoms with Crippen molar-refractivity contribution in [2.24, 2.45) is 0 Å².